The number of carbonyl (C=O) groups excluding carboxylic acids is 1. The van der Waals surface area contributed by atoms with Gasteiger partial charge >= 0.3 is 0 Å². The van der Waals surface area contributed by atoms with Crippen LogP contribution in [0.5, 0.6) is 5.75 Å². The molecule has 0 aliphatic carbocycles. The summed E-state index contributed by atoms with van der Waals surface area (Å²) in [5, 5.41) is 2.99. The van der Waals surface area contributed by atoms with Crippen molar-refractivity contribution in [2.45, 2.75) is 53.0 Å². The lowest BCUT2D eigenvalue weighted by atomic mass is 9.86. The second-order valence-corrected chi connectivity index (χ2v) is 7.70. The van der Waals surface area contributed by atoms with Gasteiger partial charge in [0.05, 0.1) is 6.04 Å². The van der Waals surface area contributed by atoms with E-state index in [4.69, 9.17) is 4.74 Å². The van der Waals surface area contributed by atoms with Gasteiger partial charge in [-0.1, -0.05) is 51.1 Å². The van der Waals surface area contributed by atoms with E-state index >= 15 is 0 Å². The minimum atomic E-state index is -0.120. The third-order valence-electron chi connectivity index (χ3n) is 4.50. The fourth-order valence-electron chi connectivity index (χ4n) is 2.59. The molecule has 0 unspecified atom stereocenters. The number of aryl methyl sites for hydroxylation is 2. The van der Waals surface area contributed by atoms with Gasteiger partial charge in [0.2, 0.25) is 0 Å². The Bertz CT molecular complexity index is 727. The molecule has 2 aromatic carbocycles. The van der Waals surface area contributed by atoms with Gasteiger partial charge in [-0.3, -0.25) is 4.79 Å². The Labute approximate surface area is 151 Å². The number of amides is 1. The molecule has 1 amide bonds. The summed E-state index contributed by atoms with van der Waals surface area (Å²) in [6.45, 7) is 12.7. The molecule has 3 nitrogen and oxygen atoms in total. The van der Waals surface area contributed by atoms with E-state index in [0.717, 1.165) is 16.9 Å². The number of carbonyl (C=O) groups is 1. The van der Waals surface area contributed by atoms with Gasteiger partial charge in [-0.2, -0.15) is 0 Å². The summed E-state index contributed by atoms with van der Waals surface area (Å²) in [7, 11) is 0. The van der Waals surface area contributed by atoms with E-state index in [-0.39, 0.29) is 24.0 Å². The van der Waals surface area contributed by atoms with Crippen molar-refractivity contribution in [3.8, 4) is 5.75 Å². The molecule has 2 aromatic rings. The number of ether oxygens (including phenoxy) is 1. The molecule has 0 fully saturated rings. The molecule has 25 heavy (non-hydrogen) atoms. The third-order valence-corrected chi connectivity index (χ3v) is 4.50. The van der Waals surface area contributed by atoms with Gasteiger partial charge < -0.3 is 10.1 Å². The van der Waals surface area contributed by atoms with Crippen LogP contribution in [-0.2, 0) is 10.2 Å². The summed E-state index contributed by atoms with van der Waals surface area (Å²) < 4.78 is 5.59. The summed E-state index contributed by atoms with van der Waals surface area (Å²) in [6, 6.07) is 14.2. The monoisotopic (exact) mass is 339 g/mol. The van der Waals surface area contributed by atoms with Crippen LogP contribution in [0, 0.1) is 13.8 Å². The fraction of sp³-hybridized carbons (Fsp3) is 0.409. The van der Waals surface area contributed by atoms with E-state index in [1.54, 1.807) is 0 Å². The van der Waals surface area contributed by atoms with Crippen LogP contribution in [0.3, 0.4) is 0 Å². The van der Waals surface area contributed by atoms with Crippen molar-refractivity contribution in [2.75, 3.05) is 6.61 Å². The highest BCUT2D eigenvalue weighted by molar-refractivity contribution is 5.78. The molecule has 0 aliphatic heterocycles. The summed E-state index contributed by atoms with van der Waals surface area (Å²) in [5.41, 5.74) is 4.88. The van der Waals surface area contributed by atoms with Crippen molar-refractivity contribution in [3.63, 3.8) is 0 Å². The Hall–Kier alpha value is -2.29. The van der Waals surface area contributed by atoms with Crippen LogP contribution < -0.4 is 10.1 Å². The Balaban J connectivity index is 1.90. The van der Waals surface area contributed by atoms with Crippen LogP contribution in [0.15, 0.2) is 42.5 Å². The van der Waals surface area contributed by atoms with Crippen molar-refractivity contribution in [1.29, 1.82) is 0 Å². The maximum absolute atomic E-state index is 12.1. The molecule has 3 heteroatoms. The molecule has 0 radical (unpaired) electrons. The second kappa shape index (κ2) is 7.73. The zero-order chi connectivity index (χ0) is 18.6. The standard InChI is InChI=1S/C22H29NO2/c1-15-7-12-20(13-16(15)2)25-14-21(24)23-17(3)18-8-10-19(11-9-18)22(4,5)6/h7-13,17H,14H2,1-6H3,(H,23,24)/t17-/m1/s1. The molecular formula is C22H29NO2. The Morgan fingerprint density at radius 2 is 1.68 bits per heavy atom. The summed E-state index contributed by atoms with van der Waals surface area (Å²) in [4.78, 5) is 12.1. The van der Waals surface area contributed by atoms with Crippen LogP contribution in [0.2, 0.25) is 0 Å². The Morgan fingerprint density at radius 1 is 1.04 bits per heavy atom. The maximum atomic E-state index is 12.1. The van der Waals surface area contributed by atoms with E-state index in [1.807, 2.05) is 32.0 Å². The highest BCUT2D eigenvalue weighted by Crippen LogP contribution is 2.24. The van der Waals surface area contributed by atoms with Gasteiger partial charge in [0.25, 0.3) is 5.91 Å². The van der Waals surface area contributed by atoms with Crippen molar-refractivity contribution in [1.82, 2.24) is 5.32 Å². The molecule has 0 saturated carbocycles. The first-order chi connectivity index (χ1) is 11.7. The highest BCUT2D eigenvalue weighted by atomic mass is 16.5. The second-order valence-electron chi connectivity index (χ2n) is 7.70. The summed E-state index contributed by atoms with van der Waals surface area (Å²) in [5.74, 6) is 0.603. The molecule has 2 rings (SSSR count). The average Bonchev–Trinajstić information content (AvgIpc) is 2.55. The quantitative estimate of drug-likeness (QED) is 0.845. The van der Waals surface area contributed by atoms with Gasteiger partial charge in [-0.15, -0.1) is 0 Å². The largest absolute Gasteiger partial charge is 0.484 e. The molecule has 0 aliphatic rings. The summed E-state index contributed by atoms with van der Waals surface area (Å²) >= 11 is 0. The SMILES string of the molecule is Cc1ccc(OCC(=O)N[C@H](C)c2ccc(C(C)(C)C)cc2)cc1C. The molecule has 0 spiro atoms. The molecule has 0 bridgehead atoms. The van der Waals surface area contributed by atoms with Crippen molar-refractivity contribution in [3.05, 3.63) is 64.7 Å². The molecule has 0 aromatic heterocycles. The lowest BCUT2D eigenvalue weighted by molar-refractivity contribution is -0.123. The predicted molar refractivity (Wildman–Crippen MR) is 103 cm³/mol. The predicted octanol–water partition coefficient (Wildman–Crippen LogP) is 4.86. The third kappa shape index (κ3) is 5.35. The molecule has 1 N–H and O–H groups in total. The van der Waals surface area contributed by atoms with Crippen molar-refractivity contribution >= 4 is 5.91 Å². The van der Waals surface area contributed by atoms with E-state index < -0.39 is 0 Å². The lowest BCUT2D eigenvalue weighted by Gasteiger charge is -2.20. The maximum Gasteiger partial charge on any atom is 0.258 e. The van der Waals surface area contributed by atoms with Gasteiger partial charge in [0.1, 0.15) is 5.75 Å². The summed E-state index contributed by atoms with van der Waals surface area (Å²) in [6.07, 6.45) is 0. The van der Waals surface area contributed by atoms with Crippen LogP contribution >= 0.6 is 0 Å². The van der Waals surface area contributed by atoms with Crippen LogP contribution in [-0.4, -0.2) is 12.5 Å². The molecule has 1 atom stereocenters. The molecule has 134 valence electrons. The zero-order valence-corrected chi connectivity index (χ0v) is 16.1. The first-order valence-corrected chi connectivity index (χ1v) is 8.76. The van der Waals surface area contributed by atoms with Crippen molar-refractivity contribution in [2.24, 2.45) is 0 Å². The van der Waals surface area contributed by atoms with Crippen LogP contribution in [0.1, 0.15) is 56.0 Å². The van der Waals surface area contributed by atoms with Crippen molar-refractivity contribution < 1.29 is 9.53 Å². The topological polar surface area (TPSA) is 38.3 Å². The normalized spacial score (nSPS) is 12.6. The number of rotatable bonds is 5. The minimum Gasteiger partial charge on any atom is -0.484 e. The molecular weight excluding hydrogens is 310 g/mol. The van der Waals surface area contributed by atoms with Gasteiger partial charge in [0, 0.05) is 0 Å². The van der Waals surface area contributed by atoms with E-state index in [0.29, 0.717) is 0 Å². The number of hydrogen-bond donors (Lipinski definition) is 1. The van der Waals surface area contributed by atoms with E-state index in [2.05, 4.69) is 57.3 Å². The Kier molecular flexibility index (Phi) is 5.89. The number of nitrogens with one attached hydrogen (secondary N) is 1. The van der Waals surface area contributed by atoms with Gasteiger partial charge in [-0.25, -0.2) is 0 Å². The zero-order valence-electron chi connectivity index (χ0n) is 16.1. The first kappa shape index (κ1) is 19.0. The minimum absolute atomic E-state index is 0.0207. The van der Waals surface area contributed by atoms with Crippen LogP contribution in [0.25, 0.3) is 0 Å². The van der Waals surface area contributed by atoms with E-state index in [9.17, 15) is 4.79 Å². The number of hydrogen-bond acceptors (Lipinski definition) is 2. The average molecular weight is 339 g/mol. The lowest BCUT2D eigenvalue weighted by Crippen LogP contribution is -2.31. The fourth-order valence-corrected chi connectivity index (χ4v) is 2.59. The Morgan fingerprint density at radius 3 is 2.24 bits per heavy atom. The smallest absolute Gasteiger partial charge is 0.258 e. The van der Waals surface area contributed by atoms with E-state index in [1.165, 1.54) is 11.1 Å². The number of benzene rings is 2. The first-order valence-electron chi connectivity index (χ1n) is 8.76. The molecule has 0 saturated heterocycles. The highest BCUT2D eigenvalue weighted by Gasteiger charge is 2.15. The molecule has 0 heterocycles. The van der Waals surface area contributed by atoms with Crippen LogP contribution in [0.4, 0.5) is 0 Å². The van der Waals surface area contributed by atoms with Gasteiger partial charge in [0.15, 0.2) is 6.61 Å². The van der Waals surface area contributed by atoms with Gasteiger partial charge in [-0.05, 0) is 60.6 Å².